The first-order chi connectivity index (χ1) is 6.24. The zero-order valence-electron chi connectivity index (χ0n) is 8.01. The Labute approximate surface area is 79.2 Å². The molecule has 1 heteroatoms. The molecule has 3 rings (SSSR count). The van der Waals surface area contributed by atoms with Gasteiger partial charge in [0.2, 0.25) is 0 Å². The van der Waals surface area contributed by atoms with Crippen LogP contribution in [-0.2, 0) is 4.79 Å². The minimum absolute atomic E-state index is 0.278. The van der Waals surface area contributed by atoms with Gasteiger partial charge in [-0.1, -0.05) is 18.6 Å². The second-order valence-electron chi connectivity index (χ2n) is 5.08. The zero-order valence-corrected chi connectivity index (χ0v) is 8.01. The molecule has 0 radical (unpaired) electrons. The molecule has 3 fully saturated rings. The molecule has 1 spiro atoms. The van der Waals surface area contributed by atoms with Crippen LogP contribution in [0.2, 0.25) is 0 Å². The average molecular weight is 176 g/mol. The molecule has 0 bridgehead atoms. The molecule has 3 aliphatic carbocycles. The van der Waals surface area contributed by atoms with Crippen LogP contribution in [0, 0.1) is 17.3 Å². The summed E-state index contributed by atoms with van der Waals surface area (Å²) in [5, 5.41) is 0. The molecule has 13 heavy (non-hydrogen) atoms. The molecule has 0 aliphatic heterocycles. The van der Waals surface area contributed by atoms with Crippen molar-refractivity contribution in [3.05, 3.63) is 12.2 Å². The Bertz CT molecular complexity index is 291. The monoisotopic (exact) mass is 176 g/mol. The predicted octanol–water partition coefficient (Wildman–Crippen LogP) is 2.71. The lowest BCUT2D eigenvalue weighted by Crippen LogP contribution is -2.25. The molecule has 3 unspecified atom stereocenters. The van der Waals surface area contributed by atoms with Crippen LogP contribution in [0.4, 0.5) is 0 Å². The van der Waals surface area contributed by atoms with Gasteiger partial charge >= 0.3 is 0 Å². The molecule has 3 saturated carbocycles. The second-order valence-corrected chi connectivity index (χ2v) is 5.08. The van der Waals surface area contributed by atoms with Crippen LogP contribution in [0.15, 0.2) is 12.2 Å². The number of hydrogen-bond donors (Lipinski definition) is 0. The fourth-order valence-electron chi connectivity index (χ4n) is 4.22. The Balaban J connectivity index is 2.08. The van der Waals surface area contributed by atoms with E-state index in [9.17, 15) is 4.79 Å². The highest BCUT2D eigenvalue weighted by molar-refractivity contribution is 5.87. The van der Waals surface area contributed by atoms with Gasteiger partial charge in [0, 0.05) is 12.3 Å². The topological polar surface area (TPSA) is 17.1 Å². The Morgan fingerprint density at radius 3 is 3.08 bits per heavy atom. The van der Waals surface area contributed by atoms with Gasteiger partial charge in [-0.15, -0.1) is 0 Å². The minimum atomic E-state index is 0.278. The number of Topliss-reactive ketones (excluding diaryl/α,β-unsaturated/α-hetero) is 1. The van der Waals surface area contributed by atoms with Crippen molar-refractivity contribution >= 4 is 5.78 Å². The summed E-state index contributed by atoms with van der Waals surface area (Å²) in [5.41, 5.74) is 1.67. The summed E-state index contributed by atoms with van der Waals surface area (Å²) in [5.74, 6) is 1.59. The molecule has 0 aromatic rings. The van der Waals surface area contributed by atoms with E-state index in [4.69, 9.17) is 0 Å². The van der Waals surface area contributed by atoms with E-state index in [1.807, 2.05) is 0 Å². The van der Waals surface area contributed by atoms with Gasteiger partial charge in [0.25, 0.3) is 0 Å². The minimum Gasteiger partial charge on any atom is -0.299 e. The largest absolute Gasteiger partial charge is 0.299 e. The Hall–Kier alpha value is -0.590. The average Bonchev–Trinajstić information content (AvgIpc) is 2.65. The summed E-state index contributed by atoms with van der Waals surface area (Å²) in [6.07, 6.45) is 7.15. The van der Waals surface area contributed by atoms with E-state index >= 15 is 0 Å². The molecule has 0 aromatic heterocycles. The van der Waals surface area contributed by atoms with Crippen molar-refractivity contribution in [3.63, 3.8) is 0 Å². The van der Waals surface area contributed by atoms with Gasteiger partial charge in [0.15, 0.2) is 0 Å². The molecule has 0 saturated heterocycles. The summed E-state index contributed by atoms with van der Waals surface area (Å²) in [7, 11) is 0. The molecule has 3 atom stereocenters. The van der Waals surface area contributed by atoms with Crippen LogP contribution in [0.1, 0.15) is 38.5 Å². The number of carbonyl (C=O) groups excluding carboxylic acids is 1. The molecule has 1 nitrogen and oxygen atoms in total. The highest BCUT2D eigenvalue weighted by Crippen LogP contribution is 2.64. The van der Waals surface area contributed by atoms with Crippen molar-refractivity contribution < 1.29 is 4.79 Å². The van der Waals surface area contributed by atoms with Crippen LogP contribution in [0.25, 0.3) is 0 Å². The van der Waals surface area contributed by atoms with E-state index in [0.717, 1.165) is 18.8 Å². The number of rotatable bonds is 0. The number of hydrogen-bond acceptors (Lipinski definition) is 1. The molecule has 0 N–H and O–H groups in total. The van der Waals surface area contributed by atoms with Crippen molar-refractivity contribution in [2.24, 2.45) is 17.3 Å². The highest BCUT2D eigenvalue weighted by Gasteiger charge is 2.59. The standard InChI is InChI=1S/C12H16O/c1-8-7-9-3-2-5-12(9)6-4-10(13)11(8)12/h9,11H,1-7H2. The summed E-state index contributed by atoms with van der Waals surface area (Å²) < 4.78 is 0. The first-order valence-corrected chi connectivity index (χ1v) is 5.44. The fraction of sp³-hybridized carbons (Fsp3) is 0.750. The molecule has 0 aromatic carbocycles. The van der Waals surface area contributed by atoms with Crippen LogP contribution in [-0.4, -0.2) is 5.78 Å². The zero-order chi connectivity index (χ0) is 9.05. The quantitative estimate of drug-likeness (QED) is 0.519. The Morgan fingerprint density at radius 1 is 1.38 bits per heavy atom. The molecule has 0 heterocycles. The lowest BCUT2D eigenvalue weighted by Gasteiger charge is -2.27. The molecule has 3 aliphatic rings. The third-order valence-corrected chi connectivity index (χ3v) is 4.66. The van der Waals surface area contributed by atoms with Crippen molar-refractivity contribution in [2.75, 3.05) is 0 Å². The van der Waals surface area contributed by atoms with Gasteiger partial charge in [0.1, 0.15) is 5.78 Å². The van der Waals surface area contributed by atoms with Gasteiger partial charge < -0.3 is 0 Å². The third kappa shape index (κ3) is 0.762. The van der Waals surface area contributed by atoms with Crippen molar-refractivity contribution in [1.82, 2.24) is 0 Å². The Morgan fingerprint density at radius 2 is 2.23 bits per heavy atom. The first kappa shape index (κ1) is 7.78. The summed E-state index contributed by atoms with van der Waals surface area (Å²) >= 11 is 0. The maximum atomic E-state index is 11.7. The van der Waals surface area contributed by atoms with E-state index in [-0.39, 0.29) is 5.92 Å². The SMILES string of the molecule is C=C1CC2CCCC23CCC(=O)C13. The number of ketones is 1. The van der Waals surface area contributed by atoms with Gasteiger partial charge in [-0.05, 0) is 37.0 Å². The number of carbonyl (C=O) groups is 1. The van der Waals surface area contributed by atoms with Gasteiger partial charge in [0.05, 0.1) is 0 Å². The first-order valence-electron chi connectivity index (χ1n) is 5.44. The van der Waals surface area contributed by atoms with E-state index < -0.39 is 0 Å². The molecule has 70 valence electrons. The second kappa shape index (κ2) is 2.26. The van der Waals surface area contributed by atoms with Crippen molar-refractivity contribution in [3.8, 4) is 0 Å². The summed E-state index contributed by atoms with van der Waals surface area (Å²) in [6, 6.07) is 0. The number of allylic oxidation sites excluding steroid dienone is 1. The van der Waals surface area contributed by atoms with Crippen LogP contribution >= 0.6 is 0 Å². The van der Waals surface area contributed by atoms with Crippen LogP contribution in [0.5, 0.6) is 0 Å². The van der Waals surface area contributed by atoms with E-state index in [0.29, 0.717) is 11.2 Å². The van der Waals surface area contributed by atoms with E-state index in [1.165, 1.54) is 31.3 Å². The third-order valence-electron chi connectivity index (χ3n) is 4.66. The van der Waals surface area contributed by atoms with Gasteiger partial charge in [-0.3, -0.25) is 4.79 Å². The lowest BCUT2D eigenvalue weighted by molar-refractivity contribution is -0.120. The maximum Gasteiger partial charge on any atom is 0.140 e. The normalized spacial score (nSPS) is 48.3. The molecule has 0 amide bonds. The fourth-order valence-corrected chi connectivity index (χ4v) is 4.22. The van der Waals surface area contributed by atoms with Gasteiger partial charge in [-0.2, -0.15) is 0 Å². The highest BCUT2D eigenvalue weighted by atomic mass is 16.1. The summed E-state index contributed by atoms with van der Waals surface area (Å²) in [6.45, 7) is 4.10. The molecular formula is C12H16O. The Kier molecular flexibility index (Phi) is 1.35. The smallest absolute Gasteiger partial charge is 0.140 e. The maximum absolute atomic E-state index is 11.7. The van der Waals surface area contributed by atoms with Crippen molar-refractivity contribution in [1.29, 1.82) is 0 Å². The lowest BCUT2D eigenvalue weighted by atomic mass is 9.75. The van der Waals surface area contributed by atoms with Crippen LogP contribution < -0.4 is 0 Å². The van der Waals surface area contributed by atoms with E-state index in [2.05, 4.69) is 6.58 Å². The summed E-state index contributed by atoms with van der Waals surface area (Å²) in [4.78, 5) is 11.7. The van der Waals surface area contributed by atoms with Crippen molar-refractivity contribution in [2.45, 2.75) is 38.5 Å². The predicted molar refractivity (Wildman–Crippen MR) is 51.3 cm³/mol. The molecular weight excluding hydrogens is 160 g/mol. The van der Waals surface area contributed by atoms with E-state index in [1.54, 1.807) is 0 Å². The van der Waals surface area contributed by atoms with Gasteiger partial charge in [-0.25, -0.2) is 0 Å². The van der Waals surface area contributed by atoms with Crippen LogP contribution in [0.3, 0.4) is 0 Å².